The Morgan fingerprint density at radius 3 is 2.21 bits per heavy atom. The van der Waals surface area contributed by atoms with Gasteiger partial charge >= 0.3 is 6.09 Å². The van der Waals surface area contributed by atoms with E-state index in [9.17, 15) is 9.59 Å². The average molecular weight is 482 g/mol. The molecule has 0 atom stereocenters. The van der Waals surface area contributed by atoms with Gasteiger partial charge < -0.3 is 14.6 Å². The molecule has 34 heavy (non-hydrogen) atoms. The van der Waals surface area contributed by atoms with E-state index in [0.717, 1.165) is 22.4 Å². The van der Waals surface area contributed by atoms with Gasteiger partial charge in [-0.2, -0.15) is 0 Å². The summed E-state index contributed by atoms with van der Waals surface area (Å²) in [6.07, 6.45) is 1.84. The summed E-state index contributed by atoms with van der Waals surface area (Å²) < 4.78 is 5.61. The van der Waals surface area contributed by atoms with Crippen LogP contribution in [0.15, 0.2) is 65.6 Å². The average Bonchev–Trinajstić information content (AvgIpc) is 2.76. The predicted octanol–water partition coefficient (Wildman–Crippen LogP) is 5.59. The predicted molar refractivity (Wildman–Crippen MR) is 139 cm³/mol. The van der Waals surface area contributed by atoms with Crippen molar-refractivity contribution in [3.8, 4) is 11.1 Å². The molecule has 0 fully saturated rings. The number of hydrogen-bond acceptors (Lipinski definition) is 4. The molecule has 1 amide bonds. The van der Waals surface area contributed by atoms with Gasteiger partial charge in [-0.05, 0) is 81.9 Å². The van der Waals surface area contributed by atoms with Crippen LogP contribution in [-0.4, -0.2) is 48.8 Å². The zero-order chi connectivity index (χ0) is 24.9. The van der Waals surface area contributed by atoms with Crippen molar-refractivity contribution in [1.29, 1.82) is 0 Å². The fourth-order valence-electron chi connectivity index (χ4n) is 3.43. The first-order chi connectivity index (χ1) is 16.0. The minimum Gasteiger partial charge on any atom is -0.443 e. The summed E-state index contributed by atoms with van der Waals surface area (Å²) in [5.41, 5.74) is 3.58. The second-order valence-corrected chi connectivity index (χ2v) is 9.96. The van der Waals surface area contributed by atoms with Crippen molar-refractivity contribution in [2.75, 3.05) is 32.1 Å². The number of pyridine rings is 1. The van der Waals surface area contributed by atoms with Crippen LogP contribution in [-0.2, 0) is 11.2 Å². The zero-order valence-electron chi connectivity index (χ0n) is 20.4. The zero-order valence-corrected chi connectivity index (χ0v) is 21.1. The number of benzene rings is 2. The Balaban J connectivity index is 1.84. The van der Waals surface area contributed by atoms with Crippen LogP contribution in [0.4, 0.5) is 10.5 Å². The smallest absolute Gasteiger partial charge is 0.414 e. The summed E-state index contributed by atoms with van der Waals surface area (Å²) in [4.78, 5) is 31.7. The van der Waals surface area contributed by atoms with Gasteiger partial charge in [0, 0.05) is 42.0 Å². The van der Waals surface area contributed by atoms with E-state index in [-0.39, 0.29) is 11.7 Å². The van der Waals surface area contributed by atoms with E-state index in [1.807, 2.05) is 94.4 Å². The normalized spacial score (nSPS) is 11.5. The van der Waals surface area contributed by atoms with Gasteiger partial charge in [-0.1, -0.05) is 35.9 Å². The topological polar surface area (TPSA) is 65.6 Å². The van der Waals surface area contributed by atoms with E-state index in [0.29, 0.717) is 30.1 Å². The molecular formula is C27H32ClN3O3. The molecule has 0 saturated carbocycles. The van der Waals surface area contributed by atoms with E-state index < -0.39 is 5.60 Å². The first-order valence-corrected chi connectivity index (χ1v) is 11.6. The fraction of sp³-hybridized carbons (Fsp3) is 0.333. The van der Waals surface area contributed by atoms with Crippen LogP contribution >= 0.6 is 11.6 Å². The molecule has 6 nitrogen and oxygen atoms in total. The highest BCUT2D eigenvalue weighted by atomic mass is 35.5. The highest BCUT2D eigenvalue weighted by Gasteiger charge is 2.23. The van der Waals surface area contributed by atoms with E-state index in [2.05, 4.69) is 4.98 Å². The molecule has 0 bridgehead atoms. The first kappa shape index (κ1) is 25.5. The monoisotopic (exact) mass is 481 g/mol. The van der Waals surface area contributed by atoms with Gasteiger partial charge in [0.2, 0.25) is 0 Å². The van der Waals surface area contributed by atoms with Gasteiger partial charge in [-0.15, -0.1) is 0 Å². The number of carbonyl (C=O) groups is 1. The number of halogens is 1. The second kappa shape index (κ2) is 10.9. The Hall–Kier alpha value is -3.09. The summed E-state index contributed by atoms with van der Waals surface area (Å²) >= 11 is 5.97. The molecule has 1 N–H and O–H groups in total. The lowest BCUT2D eigenvalue weighted by molar-refractivity contribution is 0.0578. The van der Waals surface area contributed by atoms with Crippen molar-refractivity contribution >= 4 is 23.4 Å². The van der Waals surface area contributed by atoms with Gasteiger partial charge in [0.1, 0.15) is 5.60 Å². The number of nitrogens with one attached hydrogen (secondary N) is 1. The lowest BCUT2D eigenvalue weighted by atomic mass is 10.0. The molecule has 0 unspecified atom stereocenters. The Morgan fingerprint density at radius 1 is 0.971 bits per heavy atom. The van der Waals surface area contributed by atoms with Crippen LogP contribution in [0.25, 0.3) is 11.1 Å². The number of carbonyl (C=O) groups excluding carboxylic acids is 1. The van der Waals surface area contributed by atoms with Crippen LogP contribution < -0.4 is 10.5 Å². The molecular weight excluding hydrogens is 450 g/mol. The number of rotatable bonds is 7. The third-order valence-corrected chi connectivity index (χ3v) is 5.44. The number of anilines is 1. The quantitative estimate of drug-likeness (QED) is 0.477. The Bertz CT molecular complexity index is 1160. The van der Waals surface area contributed by atoms with E-state index in [1.54, 1.807) is 11.1 Å². The molecule has 0 radical (unpaired) electrons. The largest absolute Gasteiger partial charge is 0.443 e. The Morgan fingerprint density at radius 2 is 1.62 bits per heavy atom. The third kappa shape index (κ3) is 7.20. The van der Waals surface area contributed by atoms with Crippen molar-refractivity contribution in [2.24, 2.45) is 0 Å². The molecule has 3 aromatic rings. The maximum absolute atomic E-state index is 12.8. The van der Waals surface area contributed by atoms with Crippen LogP contribution in [0.5, 0.6) is 0 Å². The van der Waals surface area contributed by atoms with Gasteiger partial charge in [0.05, 0.1) is 0 Å². The molecule has 2 aromatic carbocycles. The molecule has 0 aliphatic heterocycles. The molecule has 7 heteroatoms. The molecule has 0 aliphatic rings. The van der Waals surface area contributed by atoms with Crippen molar-refractivity contribution in [3.05, 3.63) is 87.3 Å². The molecule has 1 heterocycles. The molecule has 3 rings (SSSR count). The van der Waals surface area contributed by atoms with Gasteiger partial charge in [-0.3, -0.25) is 9.69 Å². The maximum atomic E-state index is 12.8. The number of H-pyrrole nitrogens is 1. The van der Waals surface area contributed by atoms with Gasteiger partial charge in [-0.25, -0.2) is 4.79 Å². The van der Waals surface area contributed by atoms with Crippen LogP contribution in [0, 0.1) is 0 Å². The highest BCUT2D eigenvalue weighted by molar-refractivity contribution is 6.30. The van der Waals surface area contributed by atoms with E-state index in [1.165, 1.54) is 0 Å². The van der Waals surface area contributed by atoms with Crippen LogP contribution in [0.2, 0.25) is 5.02 Å². The van der Waals surface area contributed by atoms with Crippen molar-refractivity contribution < 1.29 is 9.53 Å². The minimum atomic E-state index is -0.580. The summed E-state index contributed by atoms with van der Waals surface area (Å²) in [6, 6.07) is 17.1. The second-order valence-electron chi connectivity index (χ2n) is 9.53. The number of likely N-dealkylation sites (N-methyl/N-ethyl adjacent to an activating group) is 1. The van der Waals surface area contributed by atoms with Crippen LogP contribution in [0.1, 0.15) is 31.9 Å². The fourth-order valence-corrected chi connectivity index (χ4v) is 3.55. The summed E-state index contributed by atoms with van der Waals surface area (Å²) in [5.74, 6) is 0. The number of hydrogen-bond donors (Lipinski definition) is 1. The number of aromatic amines is 1. The number of nitrogens with zero attached hydrogens (tertiary/aromatic N) is 2. The first-order valence-electron chi connectivity index (χ1n) is 11.2. The number of ether oxygens (including phenoxy) is 1. The standard InChI is InChI=1S/C27H32ClN3O3/c1-27(2,3)34-26(33)31(15-14-30(4)5)24-12-8-20(9-13-24)22-17-21(25(32)29-18-22)16-19-6-10-23(28)11-7-19/h6-13,17-18H,14-16H2,1-5H3,(H,29,32). The van der Waals surface area contributed by atoms with Gasteiger partial charge in [0.15, 0.2) is 0 Å². The number of aromatic nitrogens is 1. The molecule has 0 saturated heterocycles. The van der Waals surface area contributed by atoms with Gasteiger partial charge in [0.25, 0.3) is 5.56 Å². The molecule has 0 aliphatic carbocycles. The maximum Gasteiger partial charge on any atom is 0.414 e. The SMILES string of the molecule is CN(C)CCN(C(=O)OC(C)(C)C)c1ccc(-c2c[nH]c(=O)c(Cc3ccc(Cl)cc3)c2)cc1. The summed E-state index contributed by atoms with van der Waals surface area (Å²) in [6.45, 7) is 6.78. The summed E-state index contributed by atoms with van der Waals surface area (Å²) in [5, 5.41) is 0.664. The Labute approximate surface area is 206 Å². The van der Waals surface area contributed by atoms with Crippen molar-refractivity contribution in [2.45, 2.75) is 32.8 Å². The van der Waals surface area contributed by atoms with Crippen molar-refractivity contribution in [3.63, 3.8) is 0 Å². The molecule has 180 valence electrons. The van der Waals surface area contributed by atoms with Crippen LogP contribution in [0.3, 0.4) is 0 Å². The Kier molecular flexibility index (Phi) is 8.18. The van der Waals surface area contributed by atoms with Crippen molar-refractivity contribution in [1.82, 2.24) is 9.88 Å². The lowest BCUT2D eigenvalue weighted by Crippen LogP contribution is -2.40. The third-order valence-electron chi connectivity index (χ3n) is 5.18. The molecule has 0 spiro atoms. The molecule has 1 aromatic heterocycles. The van der Waals surface area contributed by atoms with E-state index in [4.69, 9.17) is 16.3 Å². The number of amides is 1. The van der Waals surface area contributed by atoms with E-state index >= 15 is 0 Å². The highest BCUT2D eigenvalue weighted by Crippen LogP contribution is 2.25. The summed E-state index contributed by atoms with van der Waals surface area (Å²) in [7, 11) is 3.93. The lowest BCUT2D eigenvalue weighted by Gasteiger charge is -2.28. The minimum absolute atomic E-state index is 0.116.